The number of benzene rings is 2. The molecule has 1 amide bonds. The van der Waals surface area contributed by atoms with Crippen LogP contribution in [0.2, 0.25) is 10.0 Å². The van der Waals surface area contributed by atoms with E-state index in [0.29, 0.717) is 27.3 Å². The number of nitrogens with zero attached hydrogens (tertiary/aromatic N) is 2. The first-order valence-electron chi connectivity index (χ1n) is 8.77. The summed E-state index contributed by atoms with van der Waals surface area (Å²) in [6, 6.07) is 10.8. The Morgan fingerprint density at radius 3 is 2.93 bits per heavy atom. The predicted octanol–water partition coefficient (Wildman–Crippen LogP) is 5.74. The Bertz CT molecular complexity index is 999. The van der Waals surface area contributed by atoms with E-state index in [0.717, 1.165) is 35.2 Å². The number of hydrogen-bond acceptors (Lipinski definition) is 4. The van der Waals surface area contributed by atoms with Crippen LogP contribution in [0.4, 0.5) is 5.13 Å². The number of fused-ring (bicyclic) bond motifs is 1. The molecule has 0 aliphatic carbocycles. The summed E-state index contributed by atoms with van der Waals surface area (Å²) in [6.07, 6.45) is 1.97. The van der Waals surface area contributed by atoms with Gasteiger partial charge < -0.3 is 4.74 Å². The highest BCUT2D eigenvalue weighted by Crippen LogP contribution is 2.34. The lowest BCUT2D eigenvalue weighted by Crippen LogP contribution is -2.37. The Morgan fingerprint density at radius 1 is 1.33 bits per heavy atom. The SMILES string of the molecule is Cc1c(Cl)ccc2sc(N(CC3CCCO3)C(=O)c3cccc(Cl)c3)nc12. The topological polar surface area (TPSA) is 42.4 Å². The van der Waals surface area contributed by atoms with Gasteiger partial charge in [0.25, 0.3) is 5.91 Å². The number of ether oxygens (including phenoxy) is 1. The Balaban J connectivity index is 1.75. The number of carbonyl (C=O) groups excluding carboxylic acids is 1. The van der Waals surface area contributed by atoms with Crippen LogP contribution >= 0.6 is 34.5 Å². The van der Waals surface area contributed by atoms with Crippen molar-refractivity contribution in [1.82, 2.24) is 4.98 Å². The van der Waals surface area contributed by atoms with Gasteiger partial charge in [0.05, 0.1) is 22.9 Å². The fraction of sp³-hybridized carbons (Fsp3) is 0.300. The standard InChI is InChI=1S/C20H18Cl2N2O2S/c1-12-16(22)7-8-17-18(12)23-20(27-17)24(11-15-6-3-9-26-15)19(25)13-4-2-5-14(21)10-13/h2,4-5,7-8,10,15H,3,6,9,11H2,1H3. The quantitative estimate of drug-likeness (QED) is 0.540. The number of halogens is 2. The van der Waals surface area contributed by atoms with Crippen molar-refractivity contribution < 1.29 is 9.53 Å². The summed E-state index contributed by atoms with van der Waals surface area (Å²) in [5, 5.41) is 1.85. The fourth-order valence-corrected chi connectivity index (χ4v) is 4.60. The smallest absolute Gasteiger partial charge is 0.260 e. The van der Waals surface area contributed by atoms with Crippen molar-refractivity contribution in [2.75, 3.05) is 18.1 Å². The maximum Gasteiger partial charge on any atom is 0.260 e. The molecule has 1 aliphatic rings. The summed E-state index contributed by atoms with van der Waals surface area (Å²) < 4.78 is 6.77. The van der Waals surface area contributed by atoms with Crippen molar-refractivity contribution in [1.29, 1.82) is 0 Å². The zero-order chi connectivity index (χ0) is 19.0. The lowest BCUT2D eigenvalue weighted by molar-refractivity contribution is 0.0917. The zero-order valence-electron chi connectivity index (χ0n) is 14.7. The molecule has 0 radical (unpaired) electrons. The molecule has 0 spiro atoms. The summed E-state index contributed by atoms with van der Waals surface area (Å²) in [5.41, 5.74) is 2.29. The first kappa shape index (κ1) is 18.7. The second-order valence-corrected chi connectivity index (χ2v) is 8.43. The molecule has 1 aromatic heterocycles. The van der Waals surface area contributed by atoms with Crippen LogP contribution in [0.5, 0.6) is 0 Å². The maximum atomic E-state index is 13.3. The van der Waals surface area contributed by atoms with Crippen LogP contribution in [0.25, 0.3) is 10.2 Å². The average Bonchev–Trinajstić information content (AvgIpc) is 3.32. The van der Waals surface area contributed by atoms with Gasteiger partial charge in [-0.3, -0.25) is 9.69 Å². The molecular weight excluding hydrogens is 403 g/mol. The molecular formula is C20H18Cl2N2O2S. The summed E-state index contributed by atoms with van der Waals surface area (Å²) >= 11 is 13.8. The molecule has 0 N–H and O–H groups in total. The fourth-order valence-electron chi connectivity index (χ4n) is 3.22. The summed E-state index contributed by atoms with van der Waals surface area (Å²) in [5.74, 6) is -0.129. The second-order valence-electron chi connectivity index (χ2n) is 6.58. The van der Waals surface area contributed by atoms with E-state index in [-0.39, 0.29) is 12.0 Å². The minimum Gasteiger partial charge on any atom is -0.376 e. The lowest BCUT2D eigenvalue weighted by Gasteiger charge is -2.23. The third-order valence-corrected chi connectivity index (χ3v) is 6.38. The van der Waals surface area contributed by atoms with Gasteiger partial charge in [0.15, 0.2) is 5.13 Å². The predicted molar refractivity (Wildman–Crippen MR) is 111 cm³/mol. The van der Waals surface area contributed by atoms with Gasteiger partial charge in [-0.15, -0.1) is 0 Å². The third-order valence-electron chi connectivity index (χ3n) is 4.69. The number of amides is 1. The summed E-state index contributed by atoms with van der Waals surface area (Å²) in [7, 11) is 0. The molecule has 7 heteroatoms. The van der Waals surface area contributed by atoms with E-state index in [4.69, 9.17) is 32.9 Å². The Hall–Kier alpha value is -1.66. The van der Waals surface area contributed by atoms with Gasteiger partial charge in [0, 0.05) is 22.2 Å². The highest BCUT2D eigenvalue weighted by Gasteiger charge is 2.27. The highest BCUT2D eigenvalue weighted by molar-refractivity contribution is 7.22. The number of aromatic nitrogens is 1. The van der Waals surface area contributed by atoms with Gasteiger partial charge in [-0.05, 0) is 55.7 Å². The van der Waals surface area contributed by atoms with Gasteiger partial charge in [-0.25, -0.2) is 4.98 Å². The van der Waals surface area contributed by atoms with Gasteiger partial charge >= 0.3 is 0 Å². The summed E-state index contributed by atoms with van der Waals surface area (Å²) in [6.45, 7) is 3.15. The lowest BCUT2D eigenvalue weighted by atomic mass is 10.2. The molecule has 3 aromatic rings. The van der Waals surface area contributed by atoms with E-state index in [1.165, 1.54) is 11.3 Å². The van der Waals surface area contributed by atoms with Crippen molar-refractivity contribution in [2.45, 2.75) is 25.9 Å². The van der Waals surface area contributed by atoms with Crippen LogP contribution in [0.15, 0.2) is 36.4 Å². The zero-order valence-corrected chi connectivity index (χ0v) is 17.1. The van der Waals surface area contributed by atoms with Crippen molar-refractivity contribution >= 4 is 55.8 Å². The van der Waals surface area contributed by atoms with Crippen LogP contribution < -0.4 is 4.90 Å². The molecule has 1 fully saturated rings. The van der Waals surface area contributed by atoms with E-state index in [1.807, 2.05) is 19.1 Å². The van der Waals surface area contributed by atoms with Crippen LogP contribution in [-0.2, 0) is 4.74 Å². The Labute approximate surface area is 171 Å². The van der Waals surface area contributed by atoms with Gasteiger partial charge in [0.1, 0.15) is 0 Å². The average molecular weight is 421 g/mol. The number of carbonyl (C=O) groups is 1. The normalized spacial score (nSPS) is 16.8. The van der Waals surface area contributed by atoms with E-state index in [2.05, 4.69) is 0 Å². The minimum absolute atomic E-state index is 0.0184. The first-order chi connectivity index (χ1) is 13.0. The van der Waals surface area contributed by atoms with Gasteiger partial charge in [-0.1, -0.05) is 40.6 Å². The second kappa shape index (κ2) is 7.76. The Morgan fingerprint density at radius 2 is 2.19 bits per heavy atom. The van der Waals surface area contributed by atoms with Crippen molar-refractivity contribution in [3.63, 3.8) is 0 Å². The van der Waals surface area contributed by atoms with Crippen LogP contribution in [0.3, 0.4) is 0 Å². The van der Waals surface area contributed by atoms with Gasteiger partial charge in [0.2, 0.25) is 0 Å². The molecule has 140 valence electrons. The molecule has 4 nitrogen and oxygen atoms in total. The van der Waals surface area contributed by atoms with E-state index in [9.17, 15) is 4.79 Å². The summed E-state index contributed by atoms with van der Waals surface area (Å²) in [4.78, 5) is 19.7. The Kier molecular flexibility index (Phi) is 5.37. The van der Waals surface area contributed by atoms with Crippen LogP contribution in [0, 0.1) is 6.92 Å². The van der Waals surface area contributed by atoms with Crippen molar-refractivity contribution in [2.24, 2.45) is 0 Å². The molecule has 0 bridgehead atoms. The maximum absolute atomic E-state index is 13.3. The minimum atomic E-state index is -0.129. The van der Waals surface area contributed by atoms with E-state index >= 15 is 0 Å². The molecule has 2 aromatic carbocycles. The molecule has 1 unspecified atom stereocenters. The third kappa shape index (κ3) is 3.83. The number of anilines is 1. The molecule has 1 atom stereocenters. The van der Waals surface area contributed by atoms with E-state index < -0.39 is 0 Å². The molecule has 1 saturated heterocycles. The molecule has 0 saturated carbocycles. The first-order valence-corrected chi connectivity index (χ1v) is 10.3. The van der Waals surface area contributed by atoms with Crippen LogP contribution in [0.1, 0.15) is 28.8 Å². The number of hydrogen-bond donors (Lipinski definition) is 0. The number of aryl methyl sites for hydroxylation is 1. The number of rotatable bonds is 4. The highest BCUT2D eigenvalue weighted by atomic mass is 35.5. The number of thiazole rings is 1. The van der Waals surface area contributed by atoms with Crippen LogP contribution in [-0.4, -0.2) is 30.1 Å². The van der Waals surface area contributed by atoms with Gasteiger partial charge in [-0.2, -0.15) is 0 Å². The monoisotopic (exact) mass is 420 g/mol. The van der Waals surface area contributed by atoms with E-state index in [1.54, 1.807) is 29.2 Å². The molecule has 4 rings (SSSR count). The van der Waals surface area contributed by atoms with Crippen molar-refractivity contribution in [3.8, 4) is 0 Å². The molecule has 2 heterocycles. The molecule has 1 aliphatic heterocycles. The van der Waals surface area contributed by atoms with Crippen molar-refractivity contribution in [3.05, 3.63) is 57.6 Å². The largest absolute Gasteiger partial charge is 0.376 e. The molecule has 27 heavy (non-hydrogen) atoms.